The zero-order valence-corrected chi connectivity index (χ0v) is 12.1. The number of nitrogens with one attached hydrogen (secondary N) is 2. The van der Waals surface area contributed by atoms with E-state index in [1.807, 2.05) is 27.7 Å². The summed E-state index contributed by atoms with van der Waals surface area (Å²) in [5, 5.41) is 19.2. The molecule has 1 atom stereocenters. The zero-order chi connectivity index (χ0) is 14.6. The first-order valence-electron chi connectivity index (χ1n) is 6.31. The Morgan fingerprint density at radius 1 is 1.53 bits per heavy atom. The number of aliphatic hydroxyl groups excluding tert-OH is 1. The Balaban J connectivity index is 2.48. The van der Waals surface area contributed by atoms with E-state index in [0.29, 0.717) is 12.5 Å². The number of aryl methyl sites for hydroxylation is 1. The van der Waals surface area contributed by atoms with Crippen LogP contribution in [0.1, 0.15) is 27.7 Å². The van der Waals surface area contributed by atoms with E-state index in [-0.39, 0.29) is 11.9 Å². The molecule has 1 heterocycles. The molecule has 0 aliphatic rings. The largest absolute Gasteiger partial charge is 0.392 e. The number of urea groups is 1. The molecule has 108 valence electrons. The molecule has 3 N–H and O–H groups in total. The van der Waals surface area contributed by atoms with Gasteiger partial charge in [0.2, 0.25) is 5.95 Å². The maximum atomic E-state index is 11.7. The highest BCUT2D eigenvalue weighted by Crippen LogP contribution is 2.24. The molecular weight excluding hydrogens is 246 g/mol. The van der Waals surface area contributed by atoms with Gasteiger partial charge < -0.3 is 10.4 Å². The SMILES string of the molecule is CC(C)C(O)C(C)(C)CNC(=O)Nc1ncnn1C. The second-order valence-corrected chi connectivity index (χ2v) is 5.69. The standard InChI is InChI=1S/C12H23N5O2/c1-8(2)9(18)12(3,4)6-13-11(19)16-10-14-7-15-17(10)5/h7-9,18H,6H2,1-5H3,(H2,13,14,15,16,19). The van der Waals surface area contributed by atoms with Crippen LogP contribution in [0.4, 0.5) is 10.7 Å². The number of amides is 2. The Labute approximate surface area is 113 Å². The number of hydrogen-bond acceptors (Lipinski definition) is 4. The molecule has 1 aromatic rings. The van der Waals surface area contributed by atoms with Gasteiger partial charge in [0.25, 0.3) is 0 Å². The maximum Gasteiger partial charge on any atom is 0.321 e. The molecule has 0 radical (unpaired) electrons. The smallest absolute Gasteiger partial charge is 0.321 e. The van der Waals surface area contributed by atoms with Crippen LogP contribution in [0.3, 0.4) is 0 Å². The summed E-state index contributed by atoms with van der Waals surface area (Å²) in [5.41, 5.74) is -0.397. The van der Waals surface area contributed by atoms with E-state index >= 15 is 0 Å². The highest BCUT2D eigenvalue weighted by Gasteiger charge is 2.30. The number of carbonyl (C=O) groups excluding carboxylic acids is 1. The first-order chi connectivity index (χ1) is 8.74. The third-order valence-corrected chi connectivity index (χ3v) is 3.07. The molecule has 7 nitrogen and oxygen atoms in total. The molecule has 1 rings (SSSR count). The van der Waals surface area contributed by atoms with E-state index in [4.69, 9.17) is 0 Å². The van der Waals surface area contributed by atoms with Gasteiger partial charge in [-0.1, -0.05) is 27.7 Å². The van der Waals surface area contributed by atoms with E-state index in [2.05, 4.69) is 20.7 Å². The van der Waals surface area contributed by atoms with Gasteiger partial charge in [0.1, 0.15) is 6.33 Å². The number of rotatable bonds is 5. The summed E-state index contributed by atoms with van der Waals surface area (Å²) in [5.74, 6) is 0.512. The van der Waals surface area contributed by atoms with Crippen molar-refractivity contribution in [1.29, 1.82) is 0 Å². The highest BCUT2D eigenvalue weighted by molar-refractivity contribution is 5.87. The van der Waals surface area contributed by atoms with Crippen LogP contribution in [0.15, 0.2) is 6.33 Å². The minimum atomic E-state index is -0.484. The minimum absolute atomic E-state index is 0.138. The summed E-state index contributed by atoms with van der Waals surface area (Å²) < 4.78 is 1.47. The molecule has 1 unspecified atom stereocenters. The van der Waals surface area contributed by atoms with Crippen molar-refractivity contribution >= 4 is 12.0 Å². The van der Waals surface area contributed by atoms with Gasteiger partial charge in [-0.3, -0.25) is 5.32 Å². The van der Waals surface area contributed by atoms with Crippen LogP contribution in [-0.4, -0.2) is 38.6 Å². The fourth-order valence-electron chi connectivity index (χ4n) is 1.87. The molecule has 2 amide bonds. The van der Waals surface area contributed by atoms with Crippen molar-refractivity contribution < 1.29 is 9.90 Å². The lowest BCUT2D eigenvalue weighted by Gasteiger charge is -2.33. The van der Waals surface area contributed by atoms with Gasteiger partial charge in [0.05, 0.1) is 6.10 Å². The fraction of sp³-hybridized carbons (Fsp3) is 0.750. The van der Waals surface area contributed by atoms with Gasteiger partial charge in [-0.25, -0.2) is 9.48 Å². The zero-order valence-electron chi connectivity index (χ0n) is 12.1. The van der Waals surface area contributed by atoms with Crippen LogP contribution in [0.5, 0.6) is 0 Å². The molecule has 0 aliphatic heterocycles. The van der Waals surface area contributed by atoms with Gasteiger partial charge in [-0.15, -0.1) is 0 Å². The second-order valence-electron chi connectivity index (χ2n) is 5.69. The van der Waals surface area contributed by atoms with Crippen LogP contribution >= 0.6 is 0 Å². The predicted molar refractivity (Wildman–Crippen MR) is 72.7 cm³/mol. The first-order valence-corrected chi connectivity index (χ1v) is 6.31. The van der Waals surface area contributed by atoms with Crippen molar-refractivity contribution in [2.24, 2.45) is 18.4 Å². The Kier molecular flexibility index (Phi) is 4.88. The number of aromatic nitrogens is 3. The molecule has 0 saturated heterocycles. The average molecular weight is 269 g/mol. The van der Waals surface area contributed by atoms with Crippen LogP contribution < -0.4 is 10.6 Å². The third-order valence-electron chi connectivity index (χ3n) is 3.07. The lowest BCUT2D eigenvalue weighted by Crippen LogP contribution is -2.44. The fourth-order valence-corrected chi connectivity index (χ4v) is 1.87. The van der Waals surface area contributed by atoms with Crippen molar-refractivity contribution in [3.8, 4) is 0 Å². The predicted octanol–water partition coefficient (Wildman–Crippen LogP) is 0.980. The van der Waals surface area contributed by atoms with Crippen LogP contribution in [0, 0.1) is 11.3 Å². The molecule has 0 bridgehead atoms. The summed E-state index contributed by atoms with van der Waals surface area (Å²) >= 11 is 0. The van der Waals surface area contributed by atoms with Gasteiger partial charge in [0, 0.05) is 19.0 Å². The molecule has 19 heavy (non-hydrogen) atoms. The number of nitrogens with zero attached hydrogens (tertiary/aromatic N) is 3. The molecule has 0 fully saturated rings. The van der Waals surface area contributed by atoms with Gasteiger partial charge >= 0.3 is 6.03 Å². The average Bonchev–Trinajstić information content (AvgIpc) is 2.71. The Morgan fingerprint density at radius 2 is 2.16 bits per heavy atom. The second kappa shape index (κ2) is 6.01. The van der Waals surface area contributed by atoms with Gasteiger partial charge in [-0.05, 0) is 5.92 Å². The number of aliphatic hydroxyl groups is 1. The van der Waals surface area contributed by atoms with Crippen molar-refractivity contribution in [2.75, 3.05) is 11.9 Å². The minimum Gasteiger partial charge on any atom is -0.392 e. The van der Waals surface area contributed by atoms with Crippen LogP contribution in [-0.2, 0) is 7.05 Å². The van der Waals surface area contributed by atoms with Crippen molar-refractivity contribution in [1.82, 2.24) is 20.1 Å². The third kappa shape index (κ3) is 4.20. The molecule has 0 aliphatic carbocycles. The monoisotopic (exact) mass is 269 g/mol. The van der Waals surface area contributed by atoms with E-state index in [0.717, 1.165) is 0 Å². The molecule has 0 saturated carbocycles. The number of carbonyl (C=O) groups is 1. The summed E-state index contributed by atoms with van der Waals surface area (Å²) in [6, 6.07) is -0.361. The normalized spacial score (nSPS) is 13.4. The van der Waals surface area contributed by atoms with Crippen LogP contribution in [0.25, 0.3) is 0 Å². The van der Waals surface area contributed by atoms with Crippen molar-refractivity contribution in [3.63, 3.8) is 0 Å². The quantitative estimate of drug-likeness (QED) is 0.743. The van der Waals surface area contributed by atoms with Gasteiger partial charge in [0.15, 0.2) is 0 Å². The van der Waals surface area contributed by atoms with Crippen molar-refractivity contribution in [3.05, 3.63) is 6.33 Å². The number of hydrogen-bond donors (Lipinski definition) is 3. The first kappa shape index (κ1) is 15.4. The molecular formula is C12H23N5O2. The topological polar surface area (TPSA) is 92.1 Å². The van der Waals surface area contributed by atoms with Crippen molar-refractivity contribution in [2.45, 2.75) is 33.8 Å². The lowest BCUT2D eigenvalue weighted by atomic mass is 9.81. The maximum absolute atomic E-state index is 11.7. The Morgan fingerprint density at radius 3 is 2.63 bits per heavy atom. The number of anilines is 1. The highest BCUT2D eigenvalue weighted by atomic mass is 16.3. The van der Waals surface area contributed by atoms with E-state index in [1.54, 1.807) is 7.05 Å². The van der Waals surface area contributed by atoms with E-state index in [1.165, 1.54) is 11.0 Å². The van der Waals surface area contributed by atoms with E-state index in [9.17, 15) is 9.90 Å². The summed E-state index contributed by atoms with van der Waals surface area (Å²) in [7, 11) is 1.69. The Hall–Kier alpha value is -1.63. The molecule has 1 aromatic heterocycles. The summed E-state index contributed by atoms with van der Waals surface area (Å²) in [6.45, 7) is 8.11. The Bertz CT molecular complexity index is 428. The molecule has 0 aromatic carbocycles. The summed E-state index contributed by atoms with van der Waals surface area (Å²) in [4.78, 5) is 15.6. The van der Waals surface area contributed by atoms with Gasteiger partial charge in [-0.2, -0.15) is 10.1 Å². The lowest BCUT2D eigenvalue weighted by molar-refractivity contribution is 0.0154. The summed E-state index contributed by atoms with van der Waals surface area (Å²) in [6.07, 6.45) is 0.879. The molecule has 0 spiro atoms. The molecule has 7 heteroatoms. The van der Waals surface area contributed by atoms with E-state index < -0.39 is 11.5 Å². The van der Waals surface area contributed by atoms with Crippen LogP contribution in [0.2, 0.25) is 0 Å².